The molecule has 0 aliphatic rings. The minimum atomic E-state index is 0.606. The van der Waals surface area contributed by atoms with Crippen LogP contribution in [0.2, 0.25) is 0 Å². The number of hydrogen-bond acceptors (Lipinski definition) is 5. The highest BCUT2D eigenvalue weighted by Crippen LogP contribution is 2.09. The molecule has 0 saturated heterocycles. The summed E-state index contributed by atoms with van der Waals surface area (Å²) in [5, 5.41) is 7.29. The van der Waals surface area contributed by atoms with Crippen LogP contribution in [-0.2, 0) is 4.74 Å². The second kappa shape index (κ2) is 4.22. The summed E-state index contributed by atoms with van der Waals surface area (Å²) >= 11 is 0. The third-order valence-corrected chi connectivity index (χ3v) is 1.99. The van der Waals surface area contributed by atoms with Gasteiger partial charge in [0.15, 0.2) is 0 Å². The fourth-order valence-corrected chi connectivity index (χ4v) is 1.34. The Labute approximate surface area is 87.3 Å². The fourth-order valence-electron chi connectivity index (χ4n) is 1.34. The molecule has 0 radical (unpaired) electrons. The van der Waals surface area contributed by atoms with E-state index in [-0.39, 0.29) is 0 Å². The number of aromatic nitrogens is 4. The van der Waals surface area contributed by atoms with Crippen LogP contribution in [0, 0.1) is 6.92 Å². The first-order valence-corrected chi connectivity index (χ1v) is 4.71. The molecule has 0 atom stereocenters. The number of methoxy groups -OCH3 is 1. The highest BCUT2D eigenvalue weighted by molar-refractivity contribution is 5.44. The zero-order chi connectivity index (χ0) is 10.7. The quantitative estimate of drug-likeness (QED) is 0.739. The zero-order valence-corrected chi connectivity index (χ0v) is 8.77. The van der Waals surface area contributed by atoms with Crippen molar-refractivity contribution < 1.29 is 4.74 Å². The van der Waals surface area contributed by atoms with Crippen LogP contribution in [0.4, 0.5) is 5.82 Å². The Morgan fingerprint density at radius 1 is 1.53 bits per heavy atom. The predicted molar refractivity (Wildman–Crippen MR) is 55.9 cm³/mol. The molecule has 2 aromatic rings. The third-order valence-electron chi connectivity index (χ3n) is 1.99. The lowest BCUT2D eigenvalue weighted by Gasteiger charge is -2.07. The minimum absolute atomic E-state index is 0.606. The maximum atomic E-state index is 4.96. The van der Waals surface area contributed by atoms with Crippen LogP contribution in [-0.4, -0.2) is 39.8 Å². The predicted octanol–water partition coefficient (Wildman–Crippen LogP) is 0.491. The average molecular weight is 207 g/mol. The smallest absolute Gasteiger partial charge is 0.254 e. The molecule has 1 N–H and O–H groups in total. The van der Waals surface area contributed by atoms with Gasteiger partial charge in [-0.2, -0.15) is 14.6 Å². The second-order valence-electron chi connectivity index (χ2n) is 3.17. The van der Waals surface area contributed by atoms with E-state index < -0.39 is 0 Å². The van der Waals surface area contributed by atoms with Crippen molar-refractivity contribution in [1.82, 2.24) is 19.6 Å². The first kappa shape index (κ1) is 9.85. The van der Waals surface area contributed by atoms with E-state index in [9.17, 15) is 0 Å². The number of fused-ring (bicyclic) bond motifs is 1. The van der Waals surface area contributed by atoms with E-state index in [1.54, 1.807) is 11.6 Å². The number of nitrogens with zero attached hydrogens (tertiary/aromatic N) is 4. The Morgan fingerprint density at radius 3 is 3.20 bits per heavy atom. The molecule has 2 heterocycles. The van der Waals surface area contributed by atoms with Gasteiger partial charge in [0.05, 0.1) is 6.61 Å². The van der Waals surface area contributed by atoms with Gasteiger partial charge in [-0.1, -0.05) is 0 Å². The van der Waals surface area contributed by atoms with Gasteiger partial charge >= 0.3 is 0 Å². The summed E-state index contributed by atoms with van der Waals surface area (Å²) in [6, 6.07) is 1.93. The number of rotatable bonds is 4. The highest BCUT2D eigenvalue weighted by Gasteiger charge is 2.03. The number of anilines is 1. The van der Waals surface area contributed by atoms with Crippen LogP contribution in [0.25, 0.3) is 5.78 Å². The van der Waals surface area contributed by atoms with Crippen molar-refractivity contribution in [2.24, 2.45) is 0 Å². The fraction of sp³-hybridized carbons (Fsp3) is 0.444. The Hall–Kier alpha value is -1.69. The van der Waals surface area contributed by atoms with Crippen molar-refractivity contribution in [2.75, 3.05) is 25.6 Å². The molecule has 0 unspecified atom stereocenters. The molecule has 0 amide bonds. The van der Waals surface area contributed by atoms with Gasteiger partial charge in [-0.25, -0.2) is 4.98 Å². The molecule has 0 bridgehead atoms. The van der Waals surface area contributed by atoms with E-state index in [2.05, 4.69) is 20.4 Å². The van der Waals surface area contributed by atoms with Crippen molar-refractivity contribution in [1.29, 1.82) is 0 Å². The van der Waals surface area contributed by atoms with Gasteiger partial charge in [0.1, 0.15) is 12.1 Å². The third kappa shape index (κ3) is 2.04. The molecule has 80 valence electrons. The highest BCUT2D eigenvalue weighted by atomic mass is 16.5. The molecule has 15 heavy (non-hydrogen) atoms. The molecular weight excluding hydrogens is 194 g/mol. The summed E-state index contributed by atoms with van der Waals surface area (Å²) in [5.41, 5.74) is 0.912. The molecule has 0 fully saturated rings. The van der Waals surface area contributed by atoms with E-state index >= 15 is 0 Å². The normalized spacial score (nSPS) is 10.8. The van der Waals surface area contributed by atoms with Gasteiger partial charge in [-0.05, 0) is 6.92 Å². The average Bonchev–Trinajstić information content (AvgIpc) is 2.65. The van der Waals surface area contributed by atoms with Crippen LogP contribution in [0.1, 0.15) is 5.69 Å². The van der Waals surface area contributed by atoms with E-state index in [4.69, 9.17) is 4.74 Å². The summed E-state index contributed by atoms with van der Waals surface area (Å²) in [6.45, 7) is 3.31. The van der Waals surface area contributed by atoms with Crippen LogP contribution < -0.4 is 5.32 Å². The van der Waals surface area contributed by atoms with Gasteiger partial charge < -0.3 is 10.1 Å². The van der Waals surface area contributed by atoms with Gasteiger partial charge in [-0.15, -0.1) is 0 Å². The van der Waals surface area contributed by atoms with Gasteiger partial charge in [0.2, 0.25) is 0 Å². The lowest BCUT2D eigenvalue weighted by molar-refractivity contribution is 0.210. The summed E-state index contributed by atoms with van der Waals surface area (Å²) in [4.78, 5) is 8.28. The molecule has 0 saturated carbocycles. The molecule has 2 rings (SSSR count). The number of nitrogens with one attached hydrogen (secondary N) is 1. The Morgan fingerprint density at radius 2 is 2.40 bits per heavy atom. The number of aryl methyl sites for hydroxylation is 1. The van der Waals surface area contributed by atoms with Crippen LogP contribution in [0.15, 0.2) is 12.4 Å². The van der Waals surface area contributed by atoms with Crippen molar-refractivity contribution in [3.63, 3.8) is 0 Å². The van der Waals surface area contributed by atoms with E-state index in [0.29, 0.717) is 12.4 Å². The van der Waals surface area contributed by atoms with Gasteiger partial charge in [0.25, 0.3) is 5.78 Å². The molecular formula is C9H13N5O. The Bertz CT molecular complexity index is 453. The second-order valence-corrected chi connectivity index (χ2v) is 3.17. The Balaban J connectivity index is 2.27. The number of hydrogen-bond donors (Lipinski definition) is 1. The topological polar surface area (TPSA) is 64.3 Å². The molecule has 6 heteroatoms. The van der Waals surface area contributed by atoms with Crippen molar-refractivity contribution >= 4 is 11.6 Å². The van der Waals surface area contributed by atoms with Gasteiger partial charge in [0, 0.05) is 25.4 Å². The van der Waals surface area contributed by atoms with Crippen LogP contribution in [0.3, 0.4) is 0 Å². The van der Waals surface area contributed by atoms with E-state index in [1.165, 1.54) is 6.33 Å². The first-order valence-electron chi connectivity index (χ1n) is 4.71. The standard InChI is InChI=1S/C9H13N5O/c1-7-5-8(10-3-4-15-2)14-9(13-7)11-6-12-14/h5-6,10H,3-4H2,1-2H3. The molecule has 0 aromatic carbocycles. The van der Waals surface area contributed by atoms with Crippen molar-refractivity contribution in [3.05, 3.63) is 18.1 Å². The van der Waals surface area contributed by atoms with Crippen molar-refractivity contribution in [2.45, 2.75) is 6.92 Å². The summed E-state index contributed by atoms with van der Waals surface area (Å²) in [7, 11) is 1.67. The largest absolute Gasteiger partial charge is 0.383 e. The van der Waals surface area contributed by atoms with E-state index in [0.717, 1.165) is 18.1 Å². The lowest BCUT2D eigenvalue weighted by atomic mass is 10.4. The summed E-state index contributed by atoms with van der Waals surface area (Å²) in [5.74, 6) is 1.49. The first-order chi connectivity index (χ1) is 7.31. The van der Waals surface area contributed by atoms with Crippen LogP contribution >= 0.6 is 0 Å². The molecule has 0 aliphatic heterocycles. The Kier molecular flexibility index (Phi) is 2.77. The monoisotopic (exact) mass is 207 g/mol. The zero-order valence-electron chi connectivity index (χ0n) is 8.77. The van der Waals surface area contributed by atoms with Crippen molar-refractivity contribution in [3.8, 4) is 0 Å². The van der Waals surface area contributed by atoms with Crippen LogP contribution in [0.5, 0.6) is 0 Å². The number of ether oxygens (including phenoxy) is 1. The molecule has 0 aliphatic carbocycles. The molecule has 6 nitrogen and oxygen atoms in total. The molecule has 0 spiro atoms. The summed E-state index contributed by atoms with van der Waals surface area (Å²) < 4.78 is 6.63. The van der Waals surface area contributed by atoms with E-state index in [1.807, 2.05) is 13.0 Å². The maximum Gasteiger partial charge on any atom is 0.254 e. The summed E-state index contributed by atoms with van der Waals surface area (Å²) in [6.07, 6.45) is 1.49. The minimum Gasteiger partial charge on any atom is -0.383 e. The lowest BCUT2D eigenvalue weighted by Crippen LogP contribution is -2.11. The SMILES string of the molecule is COCCNc1cc(C)nc2ncnn12. The maximum absolute atomic E-state index is 4.96. The molecule has 2 aromatic heterocycles. The van der Waals surface area contributed by atoms with Gasteiger partial charge in [-0.3, -0.25) is 0 Å².